The number of halogens is 1. The van der Waals surface area contributed by atoms with Gasteiger partial charge in [-0.25, -0.2) is 0 Å². The average Bonchev–Trinajstić information content (AvgIpc) is 2.23. The third-order valence-electron chi connectivity index (χ3n) is 2.40. The number of phenols is 1. The molecule has 0 aliphatic carbocycles. The third kappa shape index (κ3) is 4.24. The lowest BCUT2D eigenvalue weighted by Gasteiger charge is -2.14. The van der Waals surface area contributed by atoms with Crippen LogP contribution in [0.15, 0.2) is 18.2 Å². The minimum Gasteiger partial charge on any atom is -0.506 e. The smallest absolute Gasteiger partial charge is 0.227 e. The Morgan fingerprint density at radius 1 is 1.47 bits per heavy atom. The first-order valence-electron chi connectivity index (χ1n) is 5.36. The standard InChI is InChI=1S/C12H16ClNO3/c1-7(2)11(16)6-12(17)14-9-5-8(13)3-4-10(9)15/h3-5,7,11,15-16H,6H2,1-2H3,(H,14,17). The zero-order valence-electron chi connectivity index (χ0n) is 9.77. The van der Waals surface area contributed by atoms with E-state index < -0.39 is 6.10 Å². The van der Waals surface area contributed by atoms with Crippen molar-refractivity contribution in [2.75, 3.05) is 5.32 Å². The van der Waals surface area contributed by atoms with E-state index in [0.29, 0.717) is 5.02 Å². The average molecular weight is 258 g/mol. The van der Waals surface area contributed by atoms with Gasteiger partial charge in [-0.1, -0.05) is 25.4 Å². The van der Waals surface area contributed by atoms with Crippen molar-refractivity contribution in [1.82, 2.24) is 0 Å². The first-order valence-corrected chi connectivity index (χ1v) is 5.74. The topological polar surface area (TPSA) is 69.6 Å². The normalized spacial score (nSPS) is 12.5. The van der Waals surface area contributed by atoms with Crippen LogP contribution in [0.3, 0.4) is 0 Å². The molecule has 0 fully saturated rings. The van der Waals surface area contributed by atoms with Crippen LogP contribution in [0.2, 0.25) is 5.02 Å². The molecule has 0 spiro atoms. The van der Waals surface area contributed by atoms with Gasteiger partial charge in [0.05, 0.1) is 18.2 Å². The maximum atomic E-state index is 11.6. The molecule has 0 saturated carbocycles. The van der Waals surface area contributed by atoms with Crippen LogP contribution in [0.25, 0.3) is 0 Å². The highest BCUT2D eigenvalue weighted by Gasteiger charge is 2.15. The second-order valence-electron chi connectivity index (χ2n) is 4.23. The van der Waals surface area contributed by atoms with Gasteiger partial charge in [0, 0.05) is 5.02 Å². The number of phenolic OH excluding ortho intramolecular Hbond substituents is 1. The molecule has 0 aliphatic rings. The van der Waals surface area contributed by atoms with Crippen LogP contribution in [0.5, 0.6) is 5.75 Å². The number of anilines is 1. The van der Waals surface area contributed by atoms with Gasteiger partial charge >= 0.3 is 0 Å². The Morgan fingerprint density at radius 2 is 2.12 bits per heavy atom. The summed E-state index contributed by atoms with van der Waals surface area (Å²) in [6.07, 6.45) is -0.708. The highest BCUT2D eigenvalue weighted by Crippen LogP contribution is 2.26. The number of amides is 1. The third-order valence-corrected chi connectivity index (χ3v) is 2.63. The van der Waals surface area contributed by atoms with Gasteiger partial charge in [-0.3, -0.25) is 4.79 Å². The molecule has 1 aromatic carbocycles. The highest BCUT2D eigenvalue weighted by atomic mass is 35.5. The molecule has 0 aromatic heterocycles. The number of carbonyl (C=O) groups excluding carboxylic acids is 1. The van der Waals surface area contributed by atoms with E-state index in [0.717, 1.165) is 0 Å². The number of carbonyl (C=O) groups is 1. The van der Waals surface area contributed by atoms with Crippen molar-refractivity contribution >= 4 is 23.2 Å². The van der Waals surface area contributed by atoms with Gasteiger partial charge in [-0.15, -0.1) is 0 Å². The summed E-state index contributed by atoms with van der Waals surface area (Å²) in [5.41, 5.74) is 0.249. The maximum Gasteiger partial charge on any atom is 0.227 e. The molecule has 0 aliphatic heterocycles. The van der Waals surface area contributed by atoms with Gasteiger partial charge in [0.25, 0.3) is 0 Å². The highest BCUT2D eigenvalue weighted by molar-refractivity contribution is 6.31. The van der Waals surface area contributed by atoms with Crippen LogP contribution in [0.1, 0.15) is 20.3 Å². The molecular formula is C12H16ClNO3. The van der Waals surface area contributed by atoms with Gasteiger partial charge in [-0.2, -0.15) is 0 Å². The molecule has 4 nitrogen and oxygen atoms in total. The lowest BCUT2D eigenvalue weighted by molar-refractivity contribution is -0.118. The van der Waals surface area contributed by atoms with Gasteiger partial charge in [0.1, 0.15) is 5.75 Å². The number of nitrogens with one attached hydrogen (secondary N) is 1. The lowest BCUT2D eigenvalue weighted by Crippen LogP contribution is -2.23. The largest absolute Gasteiger partial charge is 0.506 e. The van der Waals surface area contributed by atoms with E-state index in [-0.39, 0.29) is 29.7 Å². The first-order chi connectivity index (χ1) is 7.90. The molecule has 0 heterocycles. The van der Waals surface area contributed by atoms with Crippen molar-refractivity contribution in [3.8, 4) is 5.75 Å². The van der Waals surface area contributed by atoms with Gasteiger partial charge in [0.15, 0.2) is 0 Å². The number of hydrogen-bond acceptors (Lipinski definition) is 3. The Morgan fingerprint density at radius 3 is 2.71 bits per heavy atom. The molecule has 3 N–H and O–H groups in total. The molecule has 1 unspecified atom stereocenters. The Bertz CT molecular complexity index is 407. The summed E-state index contributed by atoms with van der Waals surface area (Å²) >= 11 is 5.74. The van der Waals surface area contributed by atoms with Crippen LogP contribution >= 0.6 is 11.6 Å². The minimum atomic E-state index is -0.698. The van der Waals surface area contributed by atoms with Gasteiger partial charge in [0.2, 0.25) is 5.91 Å². The van der Waals surface area contributed by atoms with Gasteiger partial charge in [-0.05, 0) is 24.1 Å². The van der Waals surface area contributed by atoms with E-state index in [1.807, 2.05) is 13.8 Å². The zero-order valence-corrected chi connectivity index (χ0v) is 10.5. The summed E-state index contributed by atoms with van der Waals surface area (Å²) in [7, 11) is 0. The molecule has 1 atom stereocenters. The number of hydrogen-bond donors (Lipinski definition) is 3. The monoisotopic (exact) mass is 257 g/mol. The quantitative estimate of drug-likeness (QED) is 0.726. The fourth-order valence-corrected chi connectivity index (χ4v) is 1.41. The summed E-state index contributed by atoms with van der Waals surface area (Å²) in [6, 6.07) is 4.38. The number of aliphatic hydroxyl groups excluding tert-OH is 1. The summed E-state index contributed by atoms with van der Waals surface area (Å²) in [6.45, 7) is 3.66. The van der Waals surface area contributed by atoms with Crippen LogP contribution in [0.4, 0.5) is 5.69 Å². The summed E-state index contributed by atoms with van der Waals surface area (Å²) in [5, 5.41) is 22.0. The van der Waals surface area contributed by atoms with E-state index in [1.54, 1.807) is 0 Å². The van der Waals surface area contributed by atoms with Crippen molar-refractivity contribution in [2.24, 2.45) is 5.92 Å². The number of benzene rings is 1. The van der Waals surface area contributed by atoms with Crippen molar-refractivity contribution in [2.45, 2.75) is 26.4 Å². The van der Waals surface area contributed by atoms with Crippen molar-refractivity contribution in [3.05, 3.63) is 23.2 Å². The maximum absolute atomic E-state index is 11.6. The predicted molar refractivity (Wildman–Crippen MR) is 67.2 cm³/mol. The first kappa shape index (κ1) is 13.8. The molecule has 0 saturated heterocycles. The number of rotatable bonds is 4. The molecule has 5 heteroatoms. The molecular weight excluding hydrogens is 242 g/mol. The van der Waals surface area contributed by atoms with Crippen LogP contribution in [-0.2, 0) is 4.79 Å². The molecule has 17 heavy (non-hydrogen) atoms. The predicted octanol–water partition coefficient (Wildman–Crippen LogP) is 2.39. The number of aliphatic hydroxyl groups is 1. The van der Waals surface area contributed by atoms with E-state index >= 15 is 0 Å². The molecule has 94 valence electrons. The Labute approximate surface area is 105 Å². The van der Waals surface area contributed by atoms with E-state index in [9.17, 15) is 15.0 Å². The molecule has 1 amide bonds. The fourth-order valence-electron chi connectivity index (χ4n) is 1.24. The zero-order chi connectivity index (χ0) is 13.0. The van der Waals surface area contributed by atoms with E-state index in [1.165, 1.54) is 18.2 Å². The Kier molecular flexibility index (Phi) is 4.78. The van der Waals surface area contributed by atoms with Crippen molar-refractivity contribution in [3.63, 3.8) is 0 Å². The van der Waals surface area contributed by atoms with Crippen molar-refractivity contribution in [1.29, 1.82) is 0 Å². The molecule has 1 rings (SSSR count). The Balaban J connectivity index is 2.65. The Hall–Kier alpha value is -1.26. The number of aromatic hydroxyl groups is 1. The van der Waals surface area contributed by atoms with E-state index in [2.05, 4.69) is 5.32 Å². The molecule has 0 bridgehead atoms. The van der Waals surface area contributed by atoms with Gasteiger partial charge < -0.3 is 15.5 Å². The summed E-state index contributed by atoms with van der Waals surface area (Å²) < 4.78 is 0. The summed E-state index contributed by atoms with van der Waals surface area (Å²) in [4.78, 5) is 11.6. The van der Waals surface area contributed by atoms with Crippen LogP contribution in [-0.4, -0.2) is 22.2 Å². The summed E-state index contributed by atoms with van der Waals surface area (Å²) in [5.74, 6) is -0.403. The molecule has 0 radical (unpaired) electrons. The second-order valence-corrected chi connectivity index (χ2v) is 4.66. The van der Waals surface area contributed by atoms with Crippen LogP contribution in [0, 0.1) is 5.92 Å². The minimum absolute atomic E-state index is 0.00806. The molecule has 1 aromatic rings. The van der Waals surface area contributed by atoms with Crippen LogP contribution < -0.4 is 5.32 Å². The van der Waals surface area contributed by atoms with E-state index in [4.69, 9.17) is 11.6 Å². The van der Waals surface area contributed by atoms with Crippen molar-refractivity contribution < 1.29 is 15.0 Å². The lowest BCUT2D eigenvalue weighted by atomic mass is 10.0. The second kappa shape index (κ2) is 5.89. The fraction of sp³-hybridized carbons (Fsp3) is 0.417. The SMILES string of the molecule is CC(C)C(O)CC(=O)Nc1cc(Cl)ccc1O.